The van der Waals surface area contributed by atoms with Crippen LogP contribution in [0.2, 0.25) is 5.02 Å². The van der Waals surface area contributed by atoms with Crippen LogP contribution in [-0.2, 0) is 4.79 Å². The van der Waals surface area contributed by atoms with Gasteiger partial charge in [-0.3, -0.25) is 14.2 Å². The highest BCUT2D eigenvalue weighted by Crippen LogP contribution is 2.26. The predicted molar refractivity (Wildman–Crippen MR) is 125 cm³/mol. The first-order chi connectivity index (χ1) is 14.4. The molecule has 0 aliphatic rings. The van der Waals surface area contributed by atoms with E-state index in [0.717, 1.165) is 16.8 Å². The van der Waals surface area contributed by atoms with Crippen LogP contribution in [0, 0.1) is 13.8 Å². The lowest BCUT2D eigenvalue weighted by atomic mass is 10.2. The van der Waals surface area contributed by atoms with Gasteiger partial charge in [-0.05, 0) is 60.7 Å². The number of aromatic nitrogens is 2. The fourth-order valence-corrected chi connectivity index (χ4v) is 4.88. The van der Waals surface area contributed by atoms with Gasteiger partial charge in [0.25, 0.3) is 5.56 Å². The number of carbonyl (C=O) groups excluding carboxylic acids is 1. The fourth-order valence-electron chi connectivity index (χ4n) is 3.02. The van der Waals surface area contributed by atoms with Crippen LogP contribution in [0.4, 0.5) is 5.69 Å². The molecule has 5 nitrogen and oxygen atoms in total. The number of fused-ring (bicyclic) bond motifs is 1. The van der Waals surface area contributed by atoms with Gasteiger partial charge in [-0.15, -0.1) is 11.3 Å². The van der Waals surface area contributed by atoms with E-state index in [4.69, 9.17) is 11.6 Å². The van der Waals surface area contributed by atoms with Crippen molar-refractivity contribution in [2.45, 2.75) is 19.0 Å². The lowest BCUT2D eigenvalue weighted by molar-refractivity contribution is -0.113. The average Bonchev–Trinajstić information content (AvgIpc) is 3.17. The molecule has 0 atom stereocenters. The maximum atomic E-state index is 13.1. The number of amides is 1. The van der Waals surface area contributed by atoms with Gasteiger partial charge >= 0.3 is 0 Å². The highest BCUT2D eigenvalue weighted by Gasteiger charge is 2.16. The van der Waals surface area contributed by atoms with E-state index in [0.29, 0.717) is 26.1 Å². The summed E-state index contributed by atoms with van der Waals surface area (Å²) >= 11 is 8.79. The van der Waals surface area contributed by atoms with Crippen LogP contribution >= 0.6 is 34.7 Å². The molecule has 30 heavy (non-hydrogen) atoms. The highest BCUT2D eigenvalue weighted by molar-refractivity contribution is 7.99. The van der Waals surface area contributed by atoms with E-state index in [-0.39, 0.29) is 17.2 Å². The molecule has 1 N–H and O–H groups in total. The molecule has 0 bridgehead atoms. The van der Waals surface area contributed by atoms with Crippen molar-refractivity contribution in [2.24, 2.45) is 0 Å². The van der Waals surface area contributed by atoms with Gasteiger partial charge in [0.2, 0.25) is 5.91 Å². The Morgan fingerprint density at radius 3 is 2.73 bits per heavy atom. The minimum Gasteiger partial charge on any atom is -0.324 e. The molecule has 2 aromatic carbocycles. The van der Waals surface area contributed by atoms with E-state index >= 15 is 0 Å². The Morgan fingerprint density at radius 2 is 1.97 bits per heavy atom. The number of halogens is 1. The number of benzene rings is 2. The fraction of sp³-hybridized carbons (Fsp3) is 0.136. The molecule has 0 radical (unpaired) electrons. The van der Waals surface area contributed by atoms with E-state index < -0.39 is 0 Å². The summed E-state index contributed by atoms with van der Waals surface area (Å²) < 4.78 is 2.17. The second-order valence-corrected chi connectivity index (χ2v) is 9.09. The molecule has 8 heteroatoms. The van der Waals surface area contributed by atoms with Crippen LogP contribution in [0.5, 0.6) is 0 Å². The van der Waals surface area contributed by atoms with Crippen LogP contribution < -0.4 is 10.9 Å². The Balaban J connectivity index is 1.64. The quantitative estimate of drug-likeness (QED) is 0.321. The van der Waals surface area contributed by atoms with Crippen LogP contribution in [0.25, 0.3) is 15.9 Å². The van der Waals surface area contributed by atoms with Crippen LogP contribution in [0.15, 0.2) is 63.9 Å². The molecule has 1 amide bonds. The Bertz CT molecular complexity index is 1310. The lowest BCUT2D eigenvalue weighted by Gasteiger charge is -2.13. The monoisotopic (exact) mass is 455 g/mol. The molecule has 152 valence electrons. The first-order valence-corrected chi connectivity index (χ1v) is 11.4. The third-order valence-electron chi connectivity index (χ3n) is 4.44. The zero-order valence-electron chi connectivity index (χ0n) is 16.3. The molecule has 0 aliphatic heterocycles. The third-order valence-corrected chi connectivity index (χ3v) is 6.58. The first-order valence-electron chi connectivity index (χ1n) is 9.18. The number of nitrogens with one attached hydrogen (secondary N) is 1. The van der Waals surface area contributed by atoms with Crippen molar-refractivity contribution >= 4 is 56.5 Å². The SMILES string of the molecule is Cc1cccc(-n2c(SCC(=O)Nc3ccc(C)cc3Cl)nc3ccsc3c2=O)c1. The largest absolute Gasteiger partial charge is 0.324 e. The molecular formula is C22H18ClN3O2S2. The Labute approximate surface area is 186 Å². The van der Waals surface area contributed by atoms with Gasteiger partial charge < -0.3 is 5.32 Å². The number of aryl methyl sites for hydroxylation is 2. The molecule has 4 rings (SSSR count). The minimum absolute atomic E-state index is 0.0953. The summed E-state index contributed by atoms with van der Waals surface area (Å²) in [6.45, 7) is 3.90. The maximum Gasteiger partial charge on any atom is 0.276 e. The summed E-state index contributed by atoms with van der Waals surface area (Å²) in [5, 5.41) is 5.63. The minimum atomic E-state index is -0.221. The summed E-state index contributed by atoms with van der Waals surface area (Å²) in [4.78, 5) is 30.3. The molecular weight excluding hydrogens is 438 g/mol. The van der Waals surface area contributed by atoms with Gasteiger partial charge in [0, 0.05) is 0 Å². The van der Waals surface area contributed by atoms with Gasteiger partial charge in [0.05, 0.1) is 27.7 Å². The number of carbonyl (C=O) groups is 1. The zero-order valence-corrected chi connectivity index (χ0v) is 18.7. The molecule has 0 saturated carbocycles. The second kappa shape index (κ2) is 8.63. The van der Waals surface area contributed by atoms with Crippen molar-refractivity contribution in [1.82, 2.24) is 9.55 Å². The number of anilines is 1. The van der Waals surface area contributed by atoms with Crippen molar-refractivity contribution in [2.75, 3.05) is 11.1 Å². The van der Waals surface area contributed by atoms with Gasteiger partial charge in [-0.2, -0.15) is 0 Å². The van der Waals surface area contributed by atoms with Gasteiger partial charge in [-0.25, -0.2) is 4.98 Å². The van der Waals surface area contributed by atoms with Gasteiger partial charge in [-0.1, -0.05) is 41.6 Å². The van der Waals surface area contributed by atoms with Crippen molar-refractivity contribution < 1.29 is 4.79 Å². The molecule has 0 saturated heterocycles. The Morgan fingerprint density at radius 1 is 1.17 bits per heavy atom. The summed E-state index contributed by atoms with van der Waals surface area (Å²) in [5.74, 6) is -0.126. The van der Waals surface area contributed by atoms with Crippen molar-refractivity contribution in [1.29, 1.82) is 0 Å². The summed E-state index contributed by atoms with van der Waals surface area (Å²) in [5.41, 5.74) is 3.84. The third kappa shape index (κ3) is 4.28. The molecule has 0 aliphatic carbocycles. The summed E-state index contributed by atoms with van der Waals surface area (Å²) in [6, 6.07) is 14.9. The van der Waals surface area contributed by atoms with E-state index in [1.807, 2.05) is 55.6 Å². The zero-order chi connectivity index (χ0) is 21.3. The van der Waals surface area contributed by atoms with Crippen LogP contribution in [0.1, 0.15) is 11.1 Å². The lowest BCUT2D eigenvalue weighted by Crippen LogP contribution is -2.22. The topological polar surface area (TPSA) is 64.0 Å². The molecule has 4 aromatic rings. The average molecular weight is 456 g/mol. The molecule has 0 fully saturated rings. The van der Waals surface area contributed by atoms with Crippen molar-refractivity contribution in [3.8, 4) is 5.69 Å². The first kappa shape index (κ1) is 20.7. The molecule has 2 heterocycles. The summed E-state index contributed by atoms with van der Waals surface area (Å²) in [7, 11) is 0. The van der Waals surface area contributed by atoms with E-state index in [2.05, 4.69) is 10.3 Å². The standard InChI is InChI=1S/C22H18ClN3O2S2/c1-13-4-3-5-15(10-13)26-21(28)20-18(8-9-29-20)25-22(26)30-12-19(27)24-17-7-6-14(2)11-16(17)23/h3-11H,12H2,1-2H3,(H,24,27). The number of thiophene rings is 1. The van der Waals surface area contributed by atoms with Crippen molar-refractivity contribution in [3.63, 3.8) is 0 Å². The molecule has 0 unspecified atom stereocenters. The van der Waals surface area contributed by atoms with Crippen LogP contribution in [0.3, 0.4) is 0 Å². The number of hydrogen-bond donors (Lipinski definition) is 1. The van der Waals surface area contributed by atoms with Crippen LogP contribution in [-0.4, -0.2) is 21.2 Å². The normalized spacial score (nSPS) is 11.0. The van der Waals surface area contributed by atoms with Crippen molar-refractivity contribution in [3.05, 3.63) is 80.4 Å². The smallest absolute Gasteiger partial charge is 0.276 e. The second-order valence-electron chi connectivity index (χ2n) is 6.83. The predicted octanol–water partition coefficient (Wildman–Crippen LogP) is 5.45. The molecule has 2 aromatic heterocycles. The Hall–Kier alpha value is -2.61. The van der Waals surface area contributed by atoms with E-state index in [1.54, 1.807) is 16.7 Å². The van der Waals surface area contributed by atoms with Gasteiger partial charge in [0.15, 0.2) is 5.16 Å². The number of thioether (sulfide) groups is 1. The molecule has 0 spiro atoms. The van der Waals surface area contributed by atoms with Gasteiger partial charge in [0.1, 0.15) is 4.70 Å². The highest BCUT2D eigenvalue weighted by atomic mass is 35.5. The van der Waals surface area contributed by atoms with E-state index in [1.165, 1.54) is 23.1 Å². The van der Waals surface area contributed by atoms with E-state index in [9.17, 15) is 9.59 Å². The Kier molecular flexibility index (Phi) is 5.94. The number of rotatable bonds is 5. The maximum absolute atomic E-state index is 13.1. The number of hydrogen-bond acceptors (Lipinski definition) is 5. The number of nitrogens with zero attached hydrogens (tertiary/aromatic N) is 2. The summed E-state index contributed by atoms with van der Waals surface area (Å²) in [6.07, 6.45) is 0.